The second kappa shape index (κ2) is 7.91. The van der Waals surface area contributed by atoms with Crippen LogP contribution in [0.3, 0.4) is 0 Å². The highest BCUT2D eigenvalue weighted by molar-refractivity contribution is 7.15. The number of ether oxygens (including phenoxy) is 2. The van der Waals surface area contributed by atoms with Crippen molar-refractivity contribution in [3.63, 3.8) is 0 Å². The van der Waals surface area contributed by atoms with Crippen LogP contribution in [0, 0.1) is 5.82 Å². The molecule has 3 heterocycles. The minimum atomic E-state index is -0.245. The van der Waals surface area contributed by atoms with Crippen LogP contribution in [0.4, 0.5) is 9.52 Å². The Labute approximate surface area is 176 Å². The molecule has 0 saturated carbocycles. The maximum Gasteiger partial charge on any atom is 0.254 e. The lowest BCUT2D eigenvalue weighted by molar-refractivity contribution is 0.0746. The fourth-order valence-corrected chi connectivity index (χ4v) is 4.46. The summed E-state index contributed by atoms with van der Waals surface area (Å²) < 4.78 is 23.7. The van der Waals surface area contributed by atoms with E-state index in [2.05, 4.69) is 15.1 Å². The molecule has 1 fully saturated rings. The number of carbonyl (C=O) groups is 1. The van der Waals surface area contributed by atoms with Crippen molar-refractivity contribution in [3.05, 3.63) is 64.4 Å². The predicted molar refractivity (Wildman–Crippen MR) is 110 cm³/mol. The van der Waals surface area contributed by atoms with Gasteiger partial charge in [-0.25, -0.2) is 4.39 Å². The third-order valence-corrected chi connectivity index (χ3v) is 6.17. The van der Waals surface area contributed by atoms with Crippen molar-refractivity contribution in [1.82, 2.24) is 15.1 Å². The number of fused-ring (bicyclic) bond motifs is 1. The number of benzene rings is 2. The van der Waals surface area contributed by atoms with E-state index in [1.807, 2.05) is 4.90 Å². The lowest BCUT2D eigenvalue weighted by Crippen LogP contribution is -2.48. The van der Waals surface area contributed by atoms with Gasteiger partial charge in [0.1, 0.15) is 10.8 Å². The van der Waals surface area contributed by atoms with E-state index < -0.39 is 0 Å². The molecule has 1 saturated heterocycles. The van der Waals surface area contributed by atoms with Crippen molar-refractivity contribution in [2.24, 2.45) is 0 Å². The molecule has 0 atom stereocenters. The van der Waals surface area contributed by atoms with Gasteiger partial charge in [-0.1, -0.05) is 23.5 Å². The number of hydrogen-bond acceptors (Lipinski definition) is 7. The van der Waals surface area contributed by atoms with E-state index >= 15 is 0 Å². The quantitative estimate of drug-likeness (QED) is 0.639. The first-order chi connectivity index (χ1) is 14.7. The largest absolute Gasteiger partial charge is 0.454 e. The van der Waals surface area contributed by atoms with Crippen molar-refractivity contribution in [2.75, 3.05) is 37.9 Å². The average molecular weight is 426 g/mol. The number of amides is 1. The third-order valence-electron chi connectivity index (χ3n) is 5.18. The molecule has 2 aromatic carbocycles. The summed E-state index contributed by atoms with van der Waals surface area (Å²) in [7, 11) is 0. The van der Waals surface area contributed by atoms with Gasteiger partial charge in [-0.05, 0) is 35.9 Å². The van der Waals surface area contributed by atoms with Crippen LogP contribution in [-0.4, -0.2) is 54.0 Å². The number of halogens is 1. The van der Waals surface area contributed by atoms with E-state index in [0.717, 1.165) is 15.7 Å². The van der Waals surface area contributed by atoms with Gasteiger partial charge in [-0.15, -0.1) is 10.2 Å². The van der Waals surface area contributed by atoms with Gasteiger partial charge in [0.2, 0.25) is 11.9 Å². The van der Waals surface area contributed by atoms with Gasteiger partial charge >= 0.3 is 0 Å². The Balaban J connectivity index is 1.19. The minimum Gasteiger partial charge on any atom is -0.454 e. The molecule has 3 aromatic rings. The van der Waals surface area contributed by atoms with Crippen LogP contribution in [0.1, 0.15) is 20.9 Å². The highest BCUT2D eigenvalue weighted by atomic mass is 32.1. The van der Waals surface area contributed by atoms with E-state index in [9.17, 15) is 9.18 Å². The fraction of sp³-hybridized carbons (Fsp3) is 0.286. The minimum absolute atomic E-state index is 0.0118. The molecule has 0 aliphatic carbocycles. The van der Waals surface area contributed by atoms with Crippen LogP contribution in [0.15, 0.2) is 42.5 Å². The summed E-state index contributed by atoms with van der Waals surface area (Å²) in [5.41, 5.74) is 1.60. The molecule has 0 bridgehead atoms. The predicted octanol–water partition coefficient (Wildman–Crippen LogP) is 2.96. The standard InChI is InChI=1S/C21H19FN4O3S/c22-16-4-1-14(2-5-16)11-19-23-24-21(30-19)26-9-7-25(8-10-26)20(27)15-3-6-17-18(12-15)29-13-28-17/h1-6,12H,7-11,13H2. The van der Waals surface area contributed by atoms with Crippen LogP contribution in [0.2, 0.25) is 0 Å². The Morgan fingerprint density at radius 1 is 1.00 bits per heavy atom. The van der Waals surface area contributed by atoms with Gasteiger partial charge in [-0.2, -0.15) is 0 Å². The highest BCUT2D eigenvalue weighted by Gasteiger charge is 2.25. The Morgan fingerprint density at radius 3 is 2.57 bits per heavy atom. The summed E-state index contributed by atoms with van der Waals surface area (Å²) in [6.07, 6.45) is 0.626. The first kappa shape index (κ1) is 18.8. The molecule has 1 amide bonds. The molecule has 2 aliphatic rings. The summed E-state index contributed by atoms with van der Waals surface area (Å²) in [5, 5.41) is 10.3. The van der Waals surface area contributed by atoms with Crippen molar-refractivity contribution in [2.45, 2.75) is 6.42 Å². The first-order valence-corrected chi connectivity index (χ1v) is 10.5. The molecule has 154 valence electrons. The van der Waals surface area contributed by atoms with E-state index in [1.54, 1.807) is 30.3 Å². The highest BCUT2D eigenvalue weighted by Crippen LogP contribution is 2.33. The van der Waals surface area contributed by atoms with Gasteiger partial charge in [-0.3, -0.25) is 4.79 Å². The average Bonchev–Trinajstić information content (AvgIpc) is 3.44. The summed E-state index contributed by atoms with van der Waals surface area (Å²) in [4.78, 5) is 16.8. The van der Waals surface area contributed by atoms with Crippen LogP contribution in [0.5, 0.6) is 11.5 Å². The van der Waals surface area contributed by atoms with E-state index in [0.29, 0.717) is 49.7 Å². The molecular weight excluding hydrogens is 407 g/mol. The smallest absolute Gasteiger partial charge is 0.254 e. The number of piperazine rings is 1. The Hall–Kier alpha value is -3.20. The molecule has 1 aromatic heterocycles. The topological polar surface area (TPSA) is 67.8 Å². The fourth-order valence-electron chi connectivity index (χ4n) is 3.53. The lowest BCUT2D eigenvalue weighted by Gasteiger charge is -2.34. The van der Waals surface area contributed by atoms with Crippen molar-refractivity contribution in [3.8, 4) is 11.5 Å². The van der Waals surface area contributed by atoms with E-state index in [4.69, 9.17) is 9.47 Å². The third kappa shape index (κ3) is 3.80. The van der Waals surface area contributed by atoms with E-state index in [-0.39, 0.29) is 18.5 Å². The van der Waals surface area contributed by atoms with Crippen LogP contribution in [0.25, 0.3) is 0 Å². The molecule has 0 radical (unpaired) electrons. The van der Waals surface area contributed by atoms with Gasteiger partial charge in [0.05, 0.1) is 0 Å². The zero-order chi connectivity index (χ0) is 20.5. The van der Waals surface area contributed by atoms with E-state index in [1.165, 1.54) is 23.5 Å². The molecule has 0 N–H and O–H groups in total. The Morgan fingerprint density at radius 2 is 1.77 bits per heavy atom. The second-order valence-electron chi connectivity index (χ2n) is 7.13. The summed E-state index contributed by atoms with van der Waals surface area (Å²) in [6.45, 7) is 2.81. The molecule has 2 aliphatic heterocycles. The normalized spacial score (nSPS) is 15.5. The van der Waals surface area contributed by atoms with Crippen molar-refractivity contribution in [1.29, 1.82) is 0 Å². The number of nitrogens with zero attached hydrogens (tertiary/aromatic N) is 4. The van der Waals surface area contributed by atoms with Crippen molar-refractivity contribution >= 4 is 22.4 Å². The Bertz CT molecular complexity index is 1060. The van der Waals surface area contributed by atoms with Crippen LogP contribution < -0.4 is 14.4 Å². The van der Waals surface area contributed by atoms with Gasteiger partial charge in [0.15, 0.2) is 11.5 Å². The maximum absolute atomic E-state index is 13.1. The second-order valence-corrected chi connectivity index (χ2v) is 8.17. The SMILES string of the molecule is O=C(c1ccc2c(c1)OCO2)N1CCN(c2nnc(Cc3ccc(F)cc3)s2)CC1. The summed E-state index contributed by atoms with van der Waals surface area (Å²) in [5.74, 6) is 1.03. The Kier molecular flexibility index (Phi) is 4.96. The van der Waals surface area contributed by atoms with Crippen LogP contribution in [-0.2, 0) is 6.42 Å². The van der Waals surface area contributed by atoms with Gasteiger partial charge in [0.25, 0.3) is 5.91 Å². The summed E-state index contributed by atoms with van der Waals surface area (Å²) in [6, 6.07) is 11.7. The van der Waals surface area contributed by atoms with Gasteiger partial charge in [0, 0.05) is 38.2 Å². The summed E-state index contributed by atoms with van der Waals surface area (Å²) >= 11 is 1.53. The number of aromatic nitrogens is 2. The zero-order valence-electron chi connectivity index (χ0n) is 16.1. The zero-order valence-corrected chi connectivity index (χ0v) is 16.9. The molecule has 0 spiro atoms. The molecular formula is C21H19FN4O3S. The monoisotopic (exact) mass is 426 g/mol. The molecule has 7 nitrogen and oxygen atoms in total. The van der Waals surface area contributed by atoms with Gasteiger partial charge < -0.3 is 19.3 Å². The molecule has 0 unspecified atom stereocenters. The molecule has 5 rings (SSSR count). The first-order valence-electron chi connectivity index (χ1n) is 9.66. The number of anilines is 1. The lowest BCUT2D eigenvalue weighted by atomic mass is 10.1. The van der Waals surface area contributed by atoms with Crippen LogP contribution >= 0.6 is 11.3 Å². The number of hydrogen-bond donors (Lipinski definition) is 0. The number of rotatable bonds is 4. The maximum atomic E-state index is 13.1. The van der Waals surface area contributed by atoms with Crippen molar-refractivity contribution < 1.29 is 18.7 Å². The molecule has 30 heavy (non-hydrogen) atoms. The number of carbonyl (C=O) groups excluding carboxylic acids is 1. The molecule has 9 heteroatoms.